The van der Waals surface area contributed by atoms with E-state index < -0.39 is 5.54 Å². The van der Waals surface area contributed by atoms with Gasteiger partial charge in [-0.25, -0.2) is 0 Å². The molecule has 2 rings (SSSR count). The molecule has 0 saturated heterocycles. The number of rotatable bonds is 5. The van der Waals surface area contributed by atoms with Crippen molar-refractivity contribution in [1.82, 2.24) is 5.32 Å². The van der Waals surface area contributed by atoms with Gasteiger partial charge in [0.15, 0.2) is 11.5 Å². The van der Waals surface area contributed by atoms with Gasteiger partial charge in [-0.05, 0) is 38.0 Å². The van der Waals surface area contributed by atoms with Gasteiger partial charge in [-0.1, -0.05) is 6.07 Å². The van der Waals surface area contributed by atoms with Crippen molar-refractivity contribution in [1.29, 1.82) is 0 Å². The number of nitrogens with one attached hydrogen (secondary N) is 1. The minimum absolute atomic E-state index is 0.0185. The highest BCUT2D eigenvalue weighted by atomic mass is 16.6. The molecule has 5 nitrogen and oxygen atoms in total. The average molecular weight is 278 g/mol. The summed E-state index contributed by atoms with van der Waals surface area (Å²) >= 11 is 0. The Hall–Kier alpha value is -1.75. The van der Waals surface area contributed by atoms with E-state index in [2.05, 4.69) is 5.32 Å². The largest absolute Gasteiger partial charge is 0.486 e. The third-order valence-corrected chi connectivity index (χ3v) is 2.96. The first-order valence-corrected chi connectivity index (χ1v) is 6.88. The van der Waals surface area contributed by atoms with Crippen LogP contribution in [0.4, 0.5) is 0 Å². The number of benzene rings is 1. The van der Waals surface area contributed by atoms with Crippen molar-refractivity contribution in [2.45, 2.75) is 32.2 Å². The molecular formula is C15H22N2O3. The molecule has 0 aliphatic carbocycles. The Morgan fingerprint density at radius 2 is 2.00 bits per heavy atom. The molecule has 0 aromatic heterocycles. The highest BCUT2D eigenvalue weighted by molar-refractivity contribution is 5.77. The third kappa shape index (κ3) is 4.42. The summed E-state index contributed by atoms with van der Waals surface area (Å²) in [4.78, 5) is 11.6. The summed E-state index contributed by atoms with van der Waals surface area (Å²) in [5, 5.41) is 2.88. The molecule has 0 spiro atoms. The quantitative estimate of drug-likeness (QED) is 0.850. The van der Waals surface area contributed by atoms with Gasteiger partial charge in [-0.2, -0.15) is 0 Å². The lowest BCUT2D eigenvalue weighted by Crippen LogP contribution is -2.39. The molecule has 110 valence electrons. The Bertz CT molecular complexity index is 480. The zero-order valence-electron chi connectivity index (χ0n) is 12.1. The molecule has 0 atom stereocenters. The van der Waals surface area contributed by atoms with E-state index in [4.69, 9.17) is 15.2 Å². The summed E-state index contributed by atoms with van der Waals surface area (Å²) in [5.74, 6) is 1.55. The number of nitrogens with two attached hydrogens (primary N) is 1. The van der Waals surface area contributed by atoms with Gasteiger partial charge in [0.25, 0.3) is 0 Å². The smallest absolute Gasteiger partial charge is 0.221 e. The zero-order valence-corrected chi connectivity index (χ0v) is 12.1. The predicted octanol–water partition coefficient (Wildman–Crippen LogP) is 1.24. The van der Waals surface area contributed by atoms with Gasteiger partial charge in [-0.3, -0.25) is 4.79 Å². The molecule has 0 saturated carbocycles. The van der Waals surface area contributed by atoms with Crippen LogP contribution in [0.1, 0.15) is 25.8 Å². The minimum Gasteiger partial charge on any atom is -0.486 e. The Kier molecular flexibility index (Phi) is 4.49. The van der Waals surface area contributed by atoms with Crippen LogP contribution in [0, 0.1) is 0 Å². The second-order valence-electron chi connectivity index (χ2n) is 5.74. The lowest BCUT2D eigenvalue weighted by molar-refractivity contribution is -0.121. The second kappa shape index (κ2) is 6.13. The minimum atomic E-state index is -0.471. The first kappa shape index (κ1) is 14.7. The van der Waals surface area contributed by atoms with Crippen molar-refractivity contribution in [3.8, 4) is 11.5 Å². The summed E-state index contributed by atoms with van der Waals surface area (Å²) in [6.45, 7) is 5.45. The second-order valence-corrected chi connectivity index (χ2v) is 5.74. The number of amides is 1. The van der Waals surface area contributed by atoms with Crippen molar-refractivity contribution >= 4 is 5.91 Å². The van der Waals surface area contributed by atoms with Crippen LogP contribution < -0.4 is 20.5 Å². The van der Waals surface area contributed by atoms with Gasteiger partial charge in [0.2, 0.25) is 5.91 Å². The summed E-state index contributed by atoms with van der Waals surface area (Å²) in [6.07, 6.45) is 1.08. The lowest BCUT2D eigenvalue weighted by Gasteiger charge is -2.19. The molecule has 5 heteroatoms. The molecule has 3 N–H and O–H groups in total. The van der Waals surface area contributed by atoms with Crippen LogP contribution in [-0.4, -0.2) is 31.2 Å². The fraction of sp³-hybridized carbons (Fsp3) is 0.533. The normalized spacial score (nSPS) is 13.9. The van der Waals surface area contributed by atoms with Crippen molar-refractivity contribution < 1.29 is 14.3 Å². The summed E-state index contributed by atoms with van der Waals surface area (Å²) in [7, 11) is 0. The van der Waals surface area contributed by atoms with Crippen LogP contribution in [0.3, 0.4) is 0 Å². The molecule has 1 aromatic carbocycles. The van der Waals surface area contributed by atoms with E-state index in [-0.39, 0.29) is 5.91 Å². The topological polar surface area (TPSA) is 73.6 Å². The SMILES string of the molecule is CC(C)(N)CC(=O)NCCc1ccc2c(c1)OCCO2. The van der Waals surface area contributed by atoms with Gasteiger partial charge in [0.05, 0.1) is 0 Å². The molecule has 0 fully saturated rings. The molecule has 0 radical (unpaired) electrons. The maximum Gasteiger partial charge on any atom is 0.221 e. The van der Waals surface area contributed by atoms with Gasteiger partial charge in [0, 0.05) is 18.5 Å². The van der Waals surface area contributed by atoms with E-state index in [9.17, 15) is 4.79 Å². The Morgan fingerprint density at radius 3 is 2.70 bits per heavy atom. The summed E-state index contributed by atoms with van der Waals surface area (Å²) < 4.78 is 11.0. The van der Waals surface area contributed by atoms with Crippen LogP contribution in [-0.2, 0) is 11.2 Å². The molecule has 0 unspecified atom stereocenters. The fourth-order valence-corrected chi connectivity index (χ4v) is 2.07. The fourth-order valence-electron chi connectivity index (χ4n) is 2.07. The number of hydrogen-bond acceptors (Lipinski definition) is 4. The van der Waals surface area contributed by atoms with Crippen molar-refractivity contribution in [3.63, 3.8) is 0 Å². The monoisotopic (exact) mass is 278 g/mol. The Morgan fingerprint density at radius 1 is 1.30 bits per heavy atom. The maximum absolute atomic E-state index is 11.6. The first-order valence-electron chi connectivity index (χ1n) is 6.88. The van der Waals surface area contributed by atoms with E-state index >= 15 is 0 Å². The standard InChI is InChI=1S/C15H22N2O3/c1-15(2,16)10-14(18)17-6-5-11-3-4-12-13(9-11)20-8-7-19-12/h3-4,9H,5-8,10,16H2,1-2H3,(H,17,18). The molecule has 1 aliphatic rings. The van der Waals surface area contributed by atoms with Gasteiger partial charge in [-0.15, -0.1) is 0 Å². The third-order valence-electron chi connectivity index (χ3n) is 2.96. The zero-order chi connectivity index (χ0) is 14.6. The lowest BCUT2D eigenvalue weighted by atomic mass is 10.0. The molecule has 1 heterocycles. The van der Waals surface area contributed by atoms with Crippen LogP contribution in [0.2, 0.25) is 0 Å². The van der Waals surface area contributed by atoms with Gasteiger partial charge >= 0.3 is 0 Å². The van der Waals surface area contributed by atoms with Crippen LogP contribution >= 0.6 is 0 Å². The van der Waals surface area contributed by atoms with Gasteiger partial charge in [0.1, 0.15) is 13.2 Å². The molecule has 20 heavy (non-hydrogen) atoms. The van der Waals surface area contributed by atoms with Crippen molar-refractivity contribution in [2.24, 2.45) is 5.73 Å². The van der Waals surface area contributed by atoms with E-state index in [1.165, 1.54) is 0 Å². The number of carbonyl (C=O) groups is 1. The van der Waals surface area contributed by atoms with Crippen LogP contribution in [0.5, 0.6) is 11.5 Å². The highest BCUT2D eigenvalue weighted by Gasteiger charge is 2.16. The number of hydrogen-bond donors (Lipinski definition) is 2. The Labute approximate surface area is 119 Å². The molecule has 0 bridgehead atoms. The highest BCUT2D eigenvalue weighted by Crippen LogP contribution is 2.30. The summed E-state index contributed by atoms with van der Waals surface area (Å²) in [5.41, 5.74) is 6.45. The van der Waals surface area contributed by atoms with E-state index in [0.717, 1.165) is 23.5 Å². The van der Waals surface area contributed by atoms with Crippen LogP contribution in [0.15, 0.2) is 18.2 Å². The number of fused-ring (bicyclic) bond motifs is 1. The van der Waals surface area contributed by atoms with E-state index in [0.29, 0.717) is 26.2 Å². The predicted molar refractivity (Wildman–Crippen MR) is 77.0 cm³/mol. The molecule has 1 amide bonds. The van der Waals surface area contributed by atoms with Crippen molar-refractivity contribution in [2.75, 3.05) is 19.8 Å². The maximum atomic E-state index is 11.6. The van der Waals surface area contributed by atoms with Crippen LogP contribution in [0.25, 0.3) is 0 Å². The molecule has 1 aliphatic heterocycles. The van der Waals surface area contributed by atoms with E-state index in [1.54, 1.807) is 0 Å². The van der Waals surface area contributed by atoms with E-state index in [1.807, 2.05) is 32.0 Å². The number of carbonyl (C=O) groups excluding carboxylic acids is 1. The molecular weight excluding hydrogens is 256 g/mol. The van der Waals surface area contributed by atoms with Crippen molar-refractivity contribution in [3.05, 3.63) is 23.8 Å². The number of ether oxygens (including phenoxy) is 2. The Balaban J connectivity index is 1.81. The summed E-state index contributed by atoms with van der Waals surface area (Å²) in [6, 6.07) is 5.87. The molecule has 1 aromatic rings. The average Bonchev–Trinajstić information content (AvgIpc) is 2.36. The van der Waals surface area contributed by atoms with Gasteiger partial charge < -0.3 is 20.5 Å². The first-order chi connectivity index (χ1) is 9.44.